The van der Waals surface area contributed by atoms with E-state index < -0.39 is 11.6 Å². The maximum Gasteiger partial charge on any atom is 0.161 e. The summed E-state index contributed by atoms with van der Waals surface area (Å²) in [5.41, 5.74) is 0.732. The van der Waals surface area contributed by atoms with Gasteiger partial charge in [-0.05, 0) is 43.2 Å². The lowest BCUT2D eigenvalue weighted by Gasteiger charge is -2.31. The number of piperidine rings is 1. The van der Waals surface area contributed by atoms with Gasteiger partial charge in [0.1, 0.15) is 0 Å². The summed E-state index contributed by atoms with van der Waals surface area (Å²) in [6.07, 6.45) is 5.20. The number of ketones is 1. The summed E-state index contributed by atoms with van der Waals surface area (Å²) in [7, 11) is 3.75. The number of likely N-dealkylation sites (tertiary alicyclic amines) is 1. The highest BCUT2D eigenvalue weighted by Crippen LogP contribution is 2.20. The van der Waals surface area contributed by atoms with Crippen LogP contribution in [0.15, 0.2) is 30.5 Å². The molecule has 1 aromatic carbocycles. The SMILES string of the molecule is CN(C)C=CC(=O)C1CCCN(Cc2ccc(F)c(F)c2)C1. The molecule has 0 aromatic heterocycles. The summed E-state index contributed by atoms with van der Waals surface area (Å²) in [5.74, 6) is -1.54. The number of benzene rings is 1. The number of halogens is 2. The second-order valence-corrected chi connectivity index (χ2v) is 6.00. The second-order valence-electron chi connectivity index (χ2n) is 6.00. The molecule has 2 rings (SSSR count). The van der Waals surface area contributed by atoms with Crippen molar-refractivity contribution in [3.8, 4) is 0 Å². The fraction of sp³-hybridized carbons (Fsp3) is 0.471. The number of nitrogens with zero attached hydrogens (tertiary/aromatic N) is 2. The predicted octanol–water partition coefficient (Wildman–Crippen LogP) is 2.82. The lowest BCUT2D eigenvalue weighted by atomic mass is 9.93. The topological polar surface area (TPSA) is 23.6 Å². The third-order valence-electron chi connectivity index (χ3n) is 3.84. The molecule has 1 aliphatic heterocycles. The molecule has 0 saturated carbocycles. The smallest absolute Gasteiger partial charge is 0.161 e. The summed E-state index contributed by atoms with van der Waals surface area (Å²) in [6, 6.07) is 3.97. The zero-order valence-corrected chi connectivity index (χ0v) is 13.1. The third-order valence-corrected chi connectivity index (χ3v) is 3.84. The van der Waals surface area contributed by atoms with Crippen LogP contribution in [0.2, 0.25) is 0 Å². The molecule has 1 heterocycles. The van der Waals surface area contributed by atoms with Gasteiger partial charge < -0.3 is 4.90 Å². The lowest BCUT2D eigenvalue weighted by Crippen LogP contribution is -2.37. The van der Waals surface area contributed by atoms with Gasteiger partial charge in [0.25, 0.3) is 0 Å². The molecule has 0 bridgehead atoms. The normalized spacial score (nSPS) is 19.5. The van der Waals surface area contributed by atoms with Crippen molar-refractivity contribution in [1.82, 2.24) is 9.80 Å². The van der Waals surface area contributed by atoms with Crippen molar-refractivity contribution >= 4 is 5.78 Å². The molecule has 3 nitrogen and oxygen atoms in total. The van der Waals surface area contributed by atoms with E-state index in [9.17, 15) is 13.6 Å². The van der Waals surface area contributed by atoms with E-state index in [-0.39, 0.29) is 11.7 Å². The number of carbonyl (C=O) groups is 1. The molecule has 1 atom stereocenters. The van der Waals surface area contributed by atoms with Crippen molar-refractivity contribution in [2.24, 2.45) is 5.92 Å². The van der Waals surface area contributed by atoms with Gasteiger partial charge in [-0.2, -0.15) is 0 Å². The molecule has 5 heteroatoms. The van der Waals surface area contributed by atoms with E-state index in [1.807, 2.05) is 19.0 Å². The van der Waals surface area contributed by atoms with Crippen LogP contribution >= 0.6 is 0 Å². The molecule has 1 aromatic rings. The van der Waals surface area contributed by atoms with Gasteiger partial charge >= 0.3 is 0 Å². The monoisotopic (exact) mass is 308 g/mol. The van der Waals surface area contributed by atoms with E-state index in [4.69, 9.17) is 0 Å². The molecule has 0 radical (unpaired) electrons. The van der Waals surface area contributed by atoms with Crippen LogP contribution in [-0.2, 0) is 11.3 Å². The maximum absolute atomic E-state index is 13.3. The molecule has 0 aliphatic carbocycles. The van der Waals surface area contributed by atoms with Crippen LogP contribution in [-0.4, -0.2) is 42.8 Å². The third kappa shape index (κ3) is 4.63. The number of hydrogen-bond acceptors (Lipinski definition) is 3. The second kappa shape index (κ2) is 7.49. The maximum atomic E-state index is 13.3. The van der Waals surface area contributed by atoms with Gasteiger partial charge in [0.15, 0.2) is 17.4 Å². The Bertz CT molecular complexity index is 558. The van der Waals surface area contributed by atoms with E-state index in [0.29, 0.717) is 13.1 Å². The van der Waals surface area contributed by atoms with Crippen LogP contribution in [0.1, 0.15) is 18.4 Å². The number of carbonyl (C=O) groups excluding carboxylic acids is 1. The highest BCUT2D eigenvalue weighted by Gasteiger charge is 2.24. The first-order chi connectivity index (χ1) is 10.5. The molecule has 0 spiro atoms. The van der Waals surface area contributed by atoms with Gasteiger partial charge in [0, 0.05) is 39.3 Å². The first-order valence-corrected chi connectivity index (χ1v) is 7.50. The Kier molecular flexibility index (Phi) is 5.66. The molecule has 120 valence electrons. The Morgan fingerprint density at radius 1 is 1.36 bits per heavy atom. The molecule has 1 saturated heterocycles. The van der Waals surface area contributed by atoms with Gasteiger partial charge in [-0.1, -0.05) is 6.07 Å². The first-order valence-electron chi connectivity index (χ1n) is 7.50. The number of hydrogen-bond donors (Lipinski definition) is 0. The fourth-order valence-electron chi connectivity index (χ4n) is 2.69. The summed E-state index contributed by atoms with van der Waals surface area (Å²) in [6.45, 7) is 2.08. The average Bonchev–Trinajstić information content (AvgIpc) is 2.49. The van der Waals surface area contributed by atoms with Crippen molar-refractivity contribution in [3.05, 3.63) is 47.7 Å². The molecule has 1 fully saturated rings. The Morgan fingerprint density at radius 2 is 2.14 bits per heavy atom. The van der Waals surface area contributed by atoms with E-state index >= 15 is 0 Å². The van der Waals surface area contributed by atoms with Gasteiger partial charge in [-0.15, -0.1) is 0 Å². The lowest BCUT2D eigenvalue weighted by molar-refractivity contribution is -0.119. The van der Waals surface area contributed by atoms with Crippen LogP contribution in [0, 0.1) is 17.6 Å². The molecule has 1 aliphatic rings. The summed E-state index contributed by atoms with van der Waals surface area (Å²) in [4.78, 5) is 16.1. The summed E-state index contributed by atoms with van der Waals surface area (Å²) in [5, 5.41) is 0. The highest BCUT2D eigenvalue weighted by molar-refractivity contribution is 5.91. The van der Waals surface area contributed by atoms with E-state index in [2.05, 4.69) is 4.90 Å². The zero-order valence-electron chi connectivity index (χ0n) is 13.1. The molecular weight excluding hydrogens is 286 g/mol. The Hall–Kier alpha value is -1.75. The first kappa shape index (κ1) is 16.6. The van der Waals surface area contributed by atoms with Crippen LogP contribution < -0.4 is 0 Å². The van der Waals surface area contributed by atoms with Crippen molar-refractivity contribution in [3.63, 3.8) is 0 Å². The molecule has 0 N–H and O–H groups in total. The molecule has 1 unspecified atom stereocenters. The average molecular weight is 308 g/mol. The molecule has 22 heavy (non-hydrogen) atoms. The largest absolute Gasteiger partial charge is 0.383 e. The van der Waals surface area contributed by atoms with Gasteiger partial charge in [-0.3, -0.25) is 9.69 Å². The van der Waals surface area contributed by atoms with E-state index in [1.165, 1.54) is 6.07 Å². The van der Waals surface area contributed by atoms with E-state index in [1.54, 1.807) is 18.3 Å². The van der Waals surface area contributed by atoms with Crippen LogP contribution in [0.3, 0.4) is 0 Å². The fourth-order valence-corrected chi connectivity index (χ4v) is 2.69. The Balaban J connectivity index is 1.95. The van der Waals surface area contributed by atoms with E-state index in [0.717, 1.165) is 31.0 Å². The van der Waals surface area contributed by atoms with Crippen molar-refractivity contribution in [2.75, 3.05) is 27.2 Å². The molecular formula is C17H22F2N2O. The zero-order chi connectivity index (χ0) is 16.1. The minimum absolute atomic E-state index is 0.0183. The van der Waals surface area contributed by atoms with Gasteiger partial charge in [0.05, 0.1) is 0 Å². The van der Waals surface area contributed by atoms with Crippen LogP contribution in [0.4, 0.5) is 8.78 Å². The highest BCUT2D eigenvalue weighted by atomic mass is 19.2. The Morgan fingerprint density at radius 3 is 2.82 bits per heavy atom. The predicted molar refractivity (Wildman–Crippen MR) is 82.2 cm³/mol. The van der Waals surface area contributed by atoms with Crippen molar-refractivity contribution in [2.45, 2.75) is 19.4 Å². The minimum Gasteiger partial charge on any atom is -0.383 e. The number of rotatable bonds is 5. The summed E-state index contributed by atoms with van der Waals surface area (Å²) >= 11 is 0. The van der Waals surface area contributed by atoms with Crippen molar-refractivity contribution in [1.29, 1.82) is 0 Å². The minimum atomic E-state index is -0.829. The number of allylic oxidation sites excluding steroid dienone is 1. The van der Waals surface area contributed by atoms with Crippen LogP contribution in [0.5, 0.6) is 0 Å². The standard InChI is InChI=1S/C17H22F2N2O/c1-20(2)9-7-17(22)14-4-3-8-21(12-14)11-13-5-6-15(18)16(19)10-13/h5-7,9-10,14H,3-4,8,11-12H2,1-2H3. The Labute approximate surface area is 130 Å². The quantitative estimate of drug-likeness (QED) is 0.782. The summed E-state index contributed by atoms with van der Waals surface area (Å²) < 4.78 is 26.2. The van der Waals surface area contributed by atoms with Gasteiger partial charge in [0.2, 0.25) is 0 Å². The van der Waals surface area contributed by atoms with Crippen LogP contribution in [0.25, 0.3) is 0 Å². The van der Waals surface area contributed by atoms with Gasteiger partial charge in [-0.25, -0.2) is 8.78 Å². The molecule has 0 amide bonds. The van der Waals surface area contributed by atoms with Crippen molar-refractivity contribution < 1.29 is 13.6 Å².